The van der Waals surface area contributed by atoms with Crippen molar-refractivity contribution in [1.82, 2.24) is 0 Å². The molecular formula is C10H27N. The van der Waals surface area contributed by atoms with Gasteiger partial charge in [0.15, 0.2) is 0 Å². The van der Waals surface area contributed by atoms with Crippen molar-refractivity contribution >= 4 is 0 Å². The second kappa shape index (κ2) is 8.06. The van der Waals surface area contributed by atoms with E-state index in [1.54, 1.807) is 0 Å². The van der Waals surface area contributed by atoms with Gasteiger partial charge in [-0.15, -0.1) is 0 Å². The summed E-state index contributed by atoms with van der Waals surface area (Å²) in [7, 11) is 0. The van der Waals surface area contributed by atoms with Crippen molar-refractivity contribution in [2.24, 2.45) is 11.1 Å². The molecule has 0 radical (unpaired) electrons. The van der Waals surface area contributed by atoms with Crippen LogP contribution in [0.4, 0.5) is 0 Å². The van der Waals surface area contributed by atoms with Gasteiger partial charge in [0.2, 0.25) is 0 Å². The minimum absolute atomic E-state index is 0. The first kappa shape index (κ1) is 17.2. The predicted octanol–water partition coefficient (Wildman–Crippen LogP) is 3.43. The highest BCUT2D eigenvalue weighted by Gasteiger charge is 2.14. The Balaban J connectivity index is -0.000000140. The van der Waals surface area contributed by atoms with Gasteiger partial charge in [0, 0.05) is 6.04 Å². The van der Waals surface area contributed by atoms with Gasteiger partial charge in [-0.05, 0) is 12.3 Å². The van der Waals surface area contributed by atoms with Gasteiger partial charge in [-0.25, -0.2) is 0 Å². The molecule has 0 fully saturated rings. The summed E-state index contributed by atoms with van der Waals surface area (Å²) in [5, 5.41) is 0. The smallest absolute Gasteiger partial charge is 0.00591 e. The Bertz CT molecular complexity index is 59.8. The largest absolute Gasteiger partial charge is 0.327 e. The zero-order valence-electron chi connectivity index (χ0n) is 8.36. The van der Waals surface area contributed by atoms with E-state index in [1.165, 1.54) is 6.42 Å². The fraction of sp³-hybridized carbons (Fsp3) is 1.00. The van der Waals surface area contributed by atoms with Crippen molar-refractivity contribution in [1.29, 1.82) is 0 Å². The minimum atomic E-state index is 0. The van der Waals surface area contributed by atoms with Crippen LogP contribution in [0.3, 0.4) is 0 Å². The normalized spacial score (nSPS) is 12.3. The van der Waals surface area contributed by atoms with Crippen LogP contribution in [0, 0.1) is 5.41 Å². The average Bonchev–Trinajstić information content (AvgIpc) is 1.64. The fourth-order valence-electron chi connectivity index (χ4n) is 0. The van der Waals surface area contributed by atoms with Crippen LogP contribution >= 0.6 is 0 Å². The number of nitrogens with two attached hydrogens (primary N) is 1. The summed E-state index contributed by atoms with van der Waals surface area (Å²) in [5.74, 6) is 0. The minimum Gasteiger partial charge on any atom is -0.327 e. The van der Waals surface area contributed by atoms with E-state index < -0.39 is 0 Å². The zero-order valence-corrected chi connectivity index (χ0v) is 8.36. The molecule has 0 rings (SSSR count). The average molecular weight is 161 g/mol. The van der Waals surface area contributed by atoms with Crippen molar-refractivity contribution in [2.75, 3.05) is 0 Å². The van der Waals surface area contributed by atoms with Crippen molar-refractivity contribution < 1.29 is 0 Å². The molecule has 0 aliphatic carbocycles. The lowest BCUT2D eigenvalue weighted by Gasteiger charge is -2.22. The van der Waals surface area contributed by atoms with E-state index in [4.69, 9.17) is 5.73 Å². The molecule has 0 aliphatic rings. The summed E-state index contributed by atoms with van der Waals surface area (Å²) >= 11 is 0. The maximum Gasteiger partial charge on any atom is 0.00591 e. The number of hydrogen-bond donors (Lipinski definition) is 1. The van der Waals surface area contributed by atoms with E-state index in [0.717, 1.165) is 0 Å². The summed E-state index contributed by atoms with van der Waals surface area (Å²) in [5.41, 5.74) is 5.85. The Hall–Kier alpha value is -0.0400. The van der Waals surface area contributed by atoms with Crippen molar-refractivity contribution in [2.45, 2.75) is 61.4 Å². The monoisotopic (exact) mass is 161 g/mol. The summed E-state index contributed by atoms with van der Waals surface area (Å²) < 4.78 is 0. The molecule has 1 nitrogen and oxygen atoms in total. The molecule has 1 heteroatoms. The van der Waals surface area contributed by atoms with Crippen LogP contribution in [-0.4, -0.2) is 6.04 Å². The van der Waals surface area contributed by atoms with Gasteiger partial charge in [-0.1, -0.05) is 48.5 Å². The molecule has 0 aromatic rings. The zero-order chi connectivity index (χ0) is 8.78. The first-order valence-corrected chi connectivity index (χ1v) is 4.11. The molecule has 11 heavy (non-hydrogen) atoms. The van der Waals surface area contributed by atoms with E-state index in [-0.39, 0.29) is 12.8 Å². The summed E-state index contributed by atoms with van der Waals surface area (Å²) in [6.45, 7) is 12.7. The molecule has 0 aromatic carbocycles. The second-order valence-electron chi connectivity index (χ2n) is 3.86. The van der Waals surface area contributed by atoms with Crippen LogP contribution in [0.1, 0.15) is 55.4 Å². The Labute approximate surface area is 73.4 Å². The third-order valence-electron chi connectivity index (χ3n) is 1.37. The number of hydrogen-bond acceptors (Lipinski definition) is 1. The molecule has 1 unspecified atom stereocenters. The van der Waals surface area contributed by atoms with E-state index in [2.05, 4.69) is 34.6 Å². The Morgan fingerprint density at radius 2 is 1.27 bits per heavy atom. The van der Waals surface area contributed by atoms with Crippen molar-refractivity contribution in [3.8, 4) is 0 Å². The SMILES string of the molecule is C.CC(N)C(C)(C)C.CCC. The highest BCUT2D eigenvalue weighted by atomic mass is 14.6. The third kappa shape index (κ3) is 17.8. The van der Waals surface area contributed by atoms with Crippen LogP contribution in [0.15, 0.2) is 0 Å². The maximum atomic E-state index is 5.57. The fourth-order valence-corrected chi connectivity index (χ4v) is 0. The summed E-state index contributed by atoms with van der Waals surface area (Å²) in [6, 6.07) is 0.299. The van der Waals surface area contributed by atoms with Crippen molar-refractivity contribution in [3.63, 3.8) is 0 Å². The van der Waals surface area contributed by atoms with Gasteiger partial charge in [0.25, 0.3) is 0 Å². The maximum absolute atomic E-state index is 5.57. The third-order valence-corrected chi connectivity index (χ3v) is 1.37. The molecule has 0 aromatic heterocycles. The Kier molecular flexibility index (Phi) is 12.6. The van der Waals surface area contributed by atoms with Crippen molar-refractivity contribution in [3.05, 3.63) is 0 Å². The van der Waals surface area contributed by atoms with Gasteiger partial charge >= 0.3 is 0 Å². The van der Waals surface area contributed by atoms with Crippen LogP contribution in [0.25, 0.3) is 0 Å². The van der Waals surface area contributed by atoms with Crippen LogP contribution in [-0.2, 0) is 0 Å². The number of rotatable bonds is 0. The van der Waals surface area contributed by atoms with E-state index >= 15 is 0 Å². The van der Waals surface area contributed by atoms with Gasteiger partial charge in [-0.2, -0.15) is 0 Å². The first-order chi connectivity index (χ1) is 4.36. The van der Waals surface area contributed by atoms with Gasteiger partial charge in [0.1, 0.15) is 0 Å². The lowest BCUT2D eigenvalue weighted by atomic mass is 9.89. The topological polar surface area (TPSA) is 26.0 Å². The molecule has 72 valence electrons. The van der Waals surface area contributed by atoms with Crippen LogP contribution in [0.5, 0.6) is 0 Å². The van der Waals surface area contributed by atoms with Gasteiger partial charge < -0.3 is 5.73 Å². The molecular weight excluding hydrogens is 134 g/mol. The Morgan fingerprint density at radius 1 is 1.18 bits per heavy atom. The van der Waals surface area contributed by atoms with Crippen LogP contribution < -0.4 is 5.73 Å². The highest BCUT2D eigenvalue weighted by Crippen LogP contribution is 2.15. The van der Waals surface area contributed by atoms with E-state index in [1.807, 2.05) is 6.92 Å². The lowest BCUT2D eigenvalue weighted by Crippen LogP contribution is -2.31. The van der Waals surface area contributed by atoms with E-state index in [9.17, 15) is 0 Å². The Morgan fingerprint density at radius 3 is 1.27 bits per heavy atom. The highest BCUT2D eigenvalue weighted by molar-refractivity contribution is 4.70. The molecule has 0 saturated carbocycles. The molecule has 0 bridgehead atoms. The molecule has 1 atom stereocenters. The van der Waals surface area contributed by atoms with Gasteiger partial charge in [-0.3, -0.25) is 0 Å². The first-order valence-electron chi connectivity index (χ1n) is 4.11. The summed E-state index contributed by atoms with van der Waals surface area (Å²) in [6.07, 6.45) is 1.25. The lowest BCUT2D eigenvalue weighted by molar-refractivity contribution is 0.340. The predicted molar refractivity (Wildman–Crippen MR) is 55.8 cm³/mol. The molecule has 0 heterocycles. The van der Waals surface area contributed by atoms with Gasteiger partial charge in [0.05, 0.1) is 0 Å². The molecule has 0 amide bonds. The molecule has 2 N–H and O–H groups in total. The van der Waals surface area contributed by atoms with Crippen LogP contribution in [0.2, 0.25) is 0 Å². The molecule has 0 saturated heterocycles. The standard InChI is InChI=1S/C6H15N.C3H8.CH4/c1-5(7)6(2,3)4;1-3-2;/h5H,7H2,1-4H3;3H2,1-2H3;1H4. The summed E-state index contributed by atoms with van der Waals surface area (Å²) in [4.78, 5) is 0. The molecule has 0 spiro atoms. The van der Waals surface area contributed by atoms with E-state index in [0.29, 0.717) is 6.04 Å². The molecule has 0 aliphatic heterocycles. The quantitative estimate of drug-likeness (QED) is 0.578. The second-order valence-corrected chi connectivity index (χ2v) is 3.86.